The van der Waals surface area contributed by atoms with Crippen LogP contribution >= 0.6 is 34.2 Å². The highest BCUT2D eigenvalue weighted by molar-refractivity contribution is 14.1. The van der Waals surface area contributed by atoms with Gasteiger partial charge < -0.3 is 4.74 Å². The van der Waals surface area contributed by atoms with Crippen LogP contribution in [0.4, 0.5) is 0 Å². The van der Waals surface area contributed by atoms with E-state index in [2.05, 4.69) is 28.7 Å². The molecule has 0 amide bonds. The van der Waals surface area contributed by atoms with Crippen LogP contribution in [0.3, 0.4) is 0 Å². The molecule has 1 aliphatic rings. The predicted molar refractivity (Wildman–Crippen MR) is 63.2 cm³/mol. The van der Waals surface area contributed by atoms with Gasteiger partial charge in [0.15, 0.2) is 0 Å². The highest BCUT2D eigenvalue weighted by Gasteiger charge is 2.21. The summed E-state index contributed by atoms with van der Waals surface area (Å²) >= 11 is 8.22. The summed E-state index contributed by atoms with van der Waals surface area (Å²) in [7, 11) is 1.71. The van der Waals surface area contributed by atoms with Crippen LogP contribution in [0.5, 0.6) is 0 Å². The smallest absolute Gasteiger partial charge is 0.102 e. The molecule has 1 aliphatic carbocycles. The van der Waals surface area contributed by atoms with E-state index in [1.807, 2.05) is 18.2 Å². The molecule has 0 saturated heterocycles. The average molecular weight is 307 g/mol. The molecule has 0 unspecified atom stereocenters. The van der Waals surface area contributed by atoms with Gasteiger partial charge >= 0.3 is 0 Å². The van der Waals surface area contributed by atoms with Crippen LogP contribution in [0.2, 0.25) is 5.02 Å². The lowest BCUT2D eigenvalue weighted by Gasteiger charge is -2.08. The molecular weight excluding hydrogens is 298 g/mol. The van der Waals surface area contributed by atoms with Gasteiger partial charge in [0.05, 0.1) is 0 Å². The number of hydrogen-bond donors (Lipinski definition) is 0. The molecule has 3 heteroatoms. The molecule has 2 rings (SSSR count). The van der Waals surface area contributed by atoms with E-state index in [1.54, 1.807) is 7.11 Å². The Bertz CT molecular complexity index is 373. The summed E-state index contributed by atoms with van der Waals surface area (Å²) in [5, 5.41) is 0.764. The first-order valence-electron chi connectivity index (χ1n) is 3.92. The van der Waals surface area contributed by atoms with Crippen molar-refractivity contribution >= 4 is 37.8 Å². The fraction of sp³-hybridized carbons (Fsp3) is 0.200. The number of halogens is 2. The van der Waals surface area contributed by atoms with Crippen LogP contribution in [-0.2, 0) is 4.74 Å². The summed E-state index contributed by atoms with van der Waals surface area (Å²) in [4.78, 5) is 0. The molecule has 0 saturated carbocycles. The SMILES string of the molecule is CO[C@H]1C=C(I)c2ccc(Cl)cc21. The van der Waals surface area contributed by atoms with E-state index >= 15 is 0 Å². The van der Waals surface area contributed by atoms with Crippen molar-refractivity contribution in [3.8, 4) is 0 Å². The van der Waals surface area contributed by atoms with Crippen molar-refractivity contribution in [1.82, 2.24) is 0 Å². The number of benzene rings is 1. The number of methoxy groups -OCH3 is 1. The van der Waals surface area contributed by atoms with Crippen molar-refractivity contribution in [3.05, 3.63) is 40.4 Å². The molecule has 0 spiro atoms. The molecule has 0 fully saturated rings. The lowest BCUT2D eigenvalue weighted by Crippen LogP contribution is -1.94. The Labute approximate surface area is 95.9 Å². The first kappa shape index (κ1) is 9.49. The van der Waals surface area contributed by atoms with E-state index in [9.17, 15) is 0 Å². The molecule has 68 valence electrons. The number of fused-ring (bicyclic) bond motifs is 1. The Balaban J connectivity index is 2.53. The fourth-order valence-electron chi connectivity index (χ4n) is 1.49. The maximum atomic E-state index is 5.91. The third kappa shape index (κ3) is 1.63. The lowest BCUT2D eigenvalue weighted by atomic mass is 10.1. The molecule has 1 aromatic carbocycles. The predicted octanol–water partition coefficient (Wildman–Crippen LogP) is 3.82. The van der Waals surface area contributed by atoms with Gasteiger partial charge in [0.2, 0.25) is 0 Å². The maximum absolute atomic E-state index is 5.91. The third-order valence-electron chi connectivity index (χ3n) is 2.13. The summed E-state index contributed by atoms with van der Waals surface area (Å²) in [6.45, 7) is 0. The zero-order valence-corrected chi connectivity index (χ0v) is 9.96. The maximum Gasteiger partial charge on any atom is 0.102 e. The second kappa shape index (κ2) is 3.59. The van der Waals surface area contributed by atoms with E-state index < -0.39 is 0 Å². The van der Waals surface area contributed by atoms with E-state index in [1.165, 1.54) is 14.7 Å². The second-order valence-corrected chi connectivity index (χ2v) is 4.50. The average Bonchev–Trinajstić information content (AvgIpc) is 2.42. The number of ether oxygens (including phenoxy) is 1. The molecule has 0 bridgehead atoms. The van der Waals surface area contributed by atoms with Gasteiger partial charge in [0, 0.05) is 15.7 Å². The molecule has 1 nitrogen and oxygen atoms in total. The summed E-state index contributed by atoms with van der Waals surface area (Å²) in [5.41, 5.74) is 2.40. The third-order valence-corrected chi connectivity index (χ3v) is 3.30. The molecule has 1 aromatic rings. The van der Waals surface area contributed by atoms with Gasteiger partial charge in [-0.05, 0) is 51.9 Å². The molecule has 0 radical (unpaired) electrons. The molecule has 0 aliphatic heterocycles. The standard InChI is InChI=1S/C10H8ClIO/c1-13-10-5-9(12)7-3-2-6(11)4-8(7)10/h2-5,10H,1H3/t10-/m0/s1. The molecule has 0 aromatic heterocycles. The monoisotopic (exact) mass is 306 g/mol. The first-order valence-corrected chi connectivity index (χ1v) is 5.38. The largest absolute Gasteiger partial charge is 0.373 e. The van der Waals surface area contributed by atoms with Crippen LogP contribution in [0.25, 0.3) is 3.58 Å². The first-order chi connectivity index (χ1) is 6.22. The van der Waals surface area contributed by atoms with Crippen LogP contribution in [-0.4, -0.2) is 7.11 Å². The van der Waals surface area contributed by atoms with Crippen LogP contribution in [0.1, 0.15) is 17.2 Å². The Morgan fingerprint density at radius 1 is 1.46 bits per heavy atom. The van der Waals surface area contributed by atoms with Crippen molar-refractivity contribution in [2.24, 2.45) is 0 Å². The normalized spacial score (nSPS) is 19.9. The van der Waals surface area contributed by atoms with Gasteiger partial charge in [0.25, 0.3) is 0 Å². The van der Waals surface area contributed by atoms with Crippen molar-refractivity contribution in [2.45, 2.75) is 6.10 Å². The zero-order chi connectivity index (χ0) is 9.42. The minimum Gasteiger partial charge on any atom is -0.373 e. The second-order valence-electron chi connectivity index (χ2n) is 2.90. The number of rotatable bonds is 1. The molecule has 13 heavy (non-hydrogen) atoms. The Hall–Kier alpha value is -0.0600. The zero-order valence-electron chi connectivity index (χ0n) is 7.05. The van der Waals surface area contributed by atoms with Gasteiger partial charge in [-0.15, -0.1) is 0 Å². The van der Waals surface area contributed by atoms with E-state index in [0.29, 0.717) is 0 Å². The van der Waals surface area contributed by atoms with Gasteiger partial charge in [-0.25, -0.2) is 0 Å². The lowest BCUT2D eigenvalue weighted by molar-refractivity contribution is 0.145. The van der Waals surface area contributed by atoms with Crippen LogP contribution in [0, 0.1) is 0 Å². The minimum atomic E-state index is 0.0700. The summed E-state index contributed by atoms with van der Waals surface area (Å²) < 4.78 is 6.56. The molecule has 0 N–H and O–H groups in total. The summed E-state index contributed by atoms with van der Waals surface area (Å²) in [6, 6.07) is 5.91. The summed E-state index contributed by atoms with van der Waals surface area (Å²) in [6.07, 6.45) is 2.17. The van der Waals surface area contributed by atoms with Gasteiger partial charge in [-0.2, -0.15) is 0 Å². The van der Waals surface area contributed by atoms with Gasteiger partial charge in [-0.1, -0.05) is 17.7 Å². The molecule has 0 heterocycles. The van der Waals surface area contributed by atoms with Crippen molar-refractivity contribution in [2.75, 3.05) is 7.11 Å². The van der Waals surface area contributed by atoms with Crippen molar-refractivity contribution < 1.29 is 4.74 Å². The Morgan fingerprint density at radius 3 is 2.92 bits per heavy atom. The minimum absolute atomic E-state index is 0.0700. The Kier molecular flexibility index (Phi) is 2.62. The highest BCUT2D eigenvalue weighted by atomic mass is 127. The molecule has 1 atom stereocenters. The Morgan fingerprint density at radius 2 is 2.23 bits per heavy atom. The quantitative estimate of drug-likeness (QED) is 0.717. The van der Waals surface area contributed by atoms with Crippen LogP contribution < -0.4 is 0 Å². The van der Waals surface area contributed by atoms with E-state index in [0.717, 1.165) is 5.02 Å². The van der Waals surface area contributed by atoms with E-state index in [4.69, 9.17) is 16.3 Å². The molecular formula is C10H8ClIO. The number of hydrogen-bond acceptors (Lipinski definition) is 1. The van der Waals surface area contributed by atoms with E-state index in [-0.39, 0.29) is 6.10 Å². The topological polar surface area (TPSA) is 9.23 Å². The summed E-state index contributed by atoms with van der Waals surface area (Å²) in [5.74, 6) is 0. The van der Waals surface area contributed by atoms with Crippen molar-refractivity contribution in [1.29, 1.82) is 0 Å². The van der Waals surface area contributed by atoms with Crippen LogP contribution in [0.15, 0.2) is 24.3 Å². The highest BCUT2D eigenvalue weighted by Crippen LogP contribution is 2.40. The van der Waals surface area contributed by atoms with Gasteiger partial charge in [-0.3, -0.25) is 0 Å². The van der Waals surface area contributed by atoms with Gasteiger partial charge in [0.1, 0.15) is 6.10 Å². The van der Waals surface area contributed by atoms with Crippen molar-refractivity contribution in [3.63, 3.8) is 0 Å². The fourth-order valence-corrected chi connectivity index (χ4v) is 2.49.